The second kappa shape index (κ2) is 8.49. The maximum absolute atomic E-state index is 6.71. The number of hydrogen-bond donors (Lipinski definition) is 2. The molecule has 0 saturated carbocycles. The van der Waals surface area contributed by atoms with Crippen molar-refractivity contribution < 1.29 is 0 Å². The first-order chi connectivity index (χ1) is 16.3. The molecule has 0 aliphatic carbocycles. The number of fused-ring (bicyclic) bond motifs is 1. The summed E-state index contributed by atoms with van der Waals surface area (Å²) >= 11 is 6.62. The zero-order valence-corrected chi connectivity index (χ0v) is 20.8. The van der Waals surface area contributed by atoms with Gasteiger partial charge >= 0.3 is 0 Å². The molecule has 2 aromatic carbocycles. The van der Waals surface area contributed by atoms with Crippen LogP contribution in [0.25, 0.3) is 33.5 Å². The first kappa shape index (κ1) is 22.5. The number of benzene rings is 2. The highest BCUT2D eigenvalue weighted by molar-refractivity contribution is 6.33. The van der Waals surface area contributed by atoms with Gasteiger partial charge in [0.2, 0.25) is 0 Å². The molecule has 1 saturated heterocycles. The topological polar surface area (TPSA) is 89.2 Å². The monoisotopic (exact) mass is 475 g/mol. The summed E-state index contributed by atoms with van der Waals surface area (Å²) in [6.45, 7) is 3.96. The summed E-state index contributed by atoms with van der Waals surface area (Å²) in [5.74, 6) is 0.476. The molecular formula is C26H30ClN7. The van der Waals surface area contributed by atoms with Gasteiger partial charge in [0, 0.05) is 49.0 Å². The van der Waals surface area contributed by atoms with Gasteiger partial charge in [-0.2, -0.15) is 0 Å². The van der Waals surface area contributed by atoms with Crippen LogP contribution in [0.4, 0.5) is 17.1 Å². The third kappa shape index (κ3) is 3.65. The van der Waals surface area contributed by atoms with Crippen molar-refractivity contribution >= 4 is 39.6 Å². The molecule has 0 bridgehead atoms. The predicted molar refractivity (Wildman–Crippen MR) is 142 cm³/mol. The lowest BCUT2D eigenvalue weighted by Crippen LogP contribution is -2.31. The summed E-state index contributed by atoms with van der Waals surface area (Å²) in [7, 11) is 6.26. The van der Waals surface area contributed by atoms with E-state index in [0.717, 1.165) is 41.7 Å². The number of likely N-dealkylation sites (N-methyl/N-ethyl adjacent to an activating group) is 1. The van der Waals surface area contributed by atoms with E-state index in [1.807, 2.05) is 25.2 Å². The lowest BCUT2D eigenvalue weighted by atomic mass is 10.1. The number of rotatable bonds is 4. The molecule has 2 aromatic heterocycles. The highest BCUT2D eigenvalue weighted by Gasteiger charge is 2.27. The second-order valence-corrected chi connectivity index (χ2v) is 9.74. The van der Waals surface area contributed by atoms with Gasteiger partial charge in [-0.25, -0.2) is 9.97 Å². The molecule has 0 radical (unpaired) electrons. The fraction of sp³-hybridized carbons (Fsp3) is 0.308. The number of nitrogen functional groups attached to an aromatic ring is 2. The highest BCUT2D eigenvalue weighted by atomic mass is 35.5. The molecule has 8 heteroatoms. The van der Waals surface area contributed by atoms with E-state index in [1.165, 1.54) is 5.56 Å². The number of nitrogens with zero attached hydrogens (tertiary/aromatic N) is 5. The van der Waals surface area contributed by atoms with Crippen molar-refractivity contribution in [3.63, 3.8) is 0 Å². The number of aromatic nitrogens is 3. The lowest BCUT2D eigenvalue weighted by Gasteiger charge is -2.24. The summed E-state index contributed by atoms with van der Waals surface area (Å²) in [4.78, 5) is 14.0. The van der Waals surface area contributed by atoms with Gasteiger partial charge < -0.3 is 25.8 Å². The zero-order chi connectivity index (χ0) is 24.1. The van der Waals surface area contributed by atoms with Gasteiger partial charge in [0.25, 0.3) is 0 Å². The molecular weight excluding hydrogens is 446 g/mol. The summed E-state index contributed by atoms with van der Waals surface area (Å²) in [6.07, 6.45) is 4.79. The molecule has 4 N–H and O–H groups in total. The summed E-state index contributed by atoms with van der Waals surface area (Å²) < 4.78 is 2.11. The smallest absolute Gasteiger partial charge is 0.164 e. The van der Waals surface area contributed by atoms with Crippen LogP contribution >= 0.6 is 11.6 Å². The minimum Gasteiger partial charge on any atom is -0.398 e. The van der Waals surface area contributed by atoms with E-state index < -0.39 is 0 Å². The number of aryl methyl sites for hydroxylation is 2. The average molecular weight is 476 g/mol. The largest absolute Gasteiger partial charge is 0.398 e. The molecule has 1 aliphatic heterocycles. The van der Waals surface area contributed by atoms with E-state index in [4.69, 9.17) is 28.1 Å². The molecule has 176 valence electrons. The first-order valence-electron chi connectivity index (χ1n) is 11.4. The minimum atomic E-state index is 0.476. The maximum Gasteiger partial charge on any atom is 0.164 e. The Bertz CT molecular complexity index is 1390. The number of halogens is 1. The number of hydrogen-bond acceptors (Lipinski definition) is 6. The Balaban J connectivity index is 1.62. The molecule has 0 amide bonds. The second-order valence-electron chi connectivity index (χ2n) is 9.33. The van der Waals surface area contributed by atoms with Crippen LogP contribution in [0.2, 0.25) is 5.02 Å². The van der Waals surface area contributed by atoms with Crippen molar-refractivity contribution in [2.24, 2.45) is 7.05 Å². The Morgan fingerprint density at radius 3 is 2.68 bits per heavy atom. The molecule has 0 spiro atoms. The fourth-order valence-electron chi connectivity index (χ4n) is 5.07. The molecule has 7 nitrogen and oxygen atoms in total. The number of nitrogens with two attached hydrogens (primary N) is 2. The Labute approximate surface area is 205 Å². The standard InChI is InChI=1S/C26H30ClN7/c1-15-6-5-7-17-18(14-33(4)25(15)17)24-19(27)12-30-26(31-24)22-20(28)8-9-21(23(22)29)34-11-10-16(13-34)32(2)3/h5-9,12,14,16H,10-11,13,28-29H2,1-4H3. The van der Waals surface area contributed by atoms with Crippen LogP contribution in [0.15, 0.2) is 42.7 Å². The van der Waals surface area contributed by atoms with E-state index in [1.54, 1.807) is 6.20 Å². The SMILES string of the molecule is Cc1cccc2c(-c3nc(-c4c(N)ccc(N5CCC(N(C)C)C5)c4N)ncc3Cl)cn(C)c12. The molecule has 1 fully saturated rings. The third-order valence-corrected chi connectivity index (χ3v) is 7.19. The van der Waals surface area contributed by atoms with E-state index in [9.17, 15) is 0 Å². The fourth-order valence-corrected chi connectivity index (χ4v) is 5.26. The quantitative estimate of drug-likeness (QED) is 0.420. The minimum absolute atomic E-state index is 0.476. The van der Waals surface area contributed by atoms with Gasteiger partial charge in [0.15, 0.2) is 5.82 Å². The van der Waals surface area contributed by atoms with E-state index in [2.05, 4.69) is 58.7 Å². The molecule has 34 heavy (non-hydrogen) atoms. The molecule has 1 unspecified atom stereocenters. The van der Waals surface area contributed by atoms with Crippen molar-refractivity contribution in [3.8, 4) is 22.6 Å². The van der Waals surface area contributed by atoms with E-state index in [-0.39, 0.29) is 0 Å². The Morgan fingerprint density at radius 1 is 1.15 bits per heavy atom. The molecule has 3 heterocycles. The summed E-state index contributed by atoms with van der Waals surface area (Å²) in [6, 6.07) is 10.6. The molecule has 5 rings (SSSR count). The Hall–Kier alpha value is -3.29. The maximum atomic E-state index is 6.71. The van der Waals surface area contributed by atoms with Crippen LogP contribution in [0, 0.1) is 6.92 Å². The van der Waals surface area contributed by atoms with Gasteiger partial charge in [-0.3, -0.25) is 0 Å². The highest BCUT2D eigenvalue weighted by Crippen LogP contribution is 2.41. The predicted octanol–water partition coefficient (Wildman–Crippen LogP) is 4.57. The van der Waals surface area contributed by atoms with Gasteiger partial charge in [-0.05, 0) is 45.1 Å². The Kier molecular flexibility index (Phi) is 5.62. The van der Waals surface area contributed by atoms with Crippen molar-refractivity contribution in [2.45, 2.75) is 19.4 Å². The van der Waals surface area contributed by atoms with E-state index in [0.29, 0.717) is 39.5 Å². The van der Waals surface area contributed by atoms with E-state index >= 15 is 0 Å². The summed E-state index contributed by atoms with van der Waals surface area (Å²) in [5, 5.41) is 1.58. The molecule has 1 aliphatic rings. The normalized spacial score (nSPS) is 16.2. The van der Waals surface area contributed by atoms with Crippen LogP contribution in [0.3, 0.4) is 0 Å². The van der Waals surface area contributed by atoms with Gasteiger partial charge in [0.05, 0.1) is 39.4 Å². The number of para-hydroxylation sites is 1. The van der Waals surface area contributed by atoms with Crippen LogP contribution in [0.5, 0.6) is 0 Å². The van der Waals surface area contributed by atoms with Gasteiger partial charge in [0.1, 0.15) is 0 Å². The van der Waals surface area contributed by atoms with Crippen LogP contribution in [0.1, 0.15) is 12.0 Å². The first-order valence-corrected chi connectivity index (χ1v) is 11.8. The average Bonchev–Trinajstić information content (AvgIpc) is 3.41. The molecule has 4 aromatic rings. The van der Waals surface area contributed by atoms with Crippen molar-refractivity contribution in [3.05, 3.63) is 53.3 Å². The van der Waals surface area contributed by atoms with Crippen molar-refractivity contribution in [2.75, 3.05) is 43.6 Å². The van der Waals surface area contributed by atoms with Crippen LogP contribution in [-0.2, 0) is 7.05 Å². The van der Waals surface area contributed by atoms with Gasteiger partial charge in [-0.15, -0.1) is 0 Å². The third-order valence-electron chi connectivity index (χ3n) is 6.92. The lowest BCUT2D eigenvalue weighted by molar-refractivity contribution is 0.315. The zero-order valence-electron chi connectivity index (χ0n) is 20.0. The number of anilines is 3. The van der Waals surface area contributed by atoms with Crippen molar-refractivity contribution in [1.82, 2.24) is 19.4 Å². The summed E-state index contributed by atoms with van der Waals surface area (Å²) in [5.41, 5.74) is 19.9. The van der Waals surface area contributed by atoms with Crippen LogP contribution in [-0.4, -0.2) is 52.7 Å². The molecule has 1 atom stereocenters. The van der Waals surface area contributed by atoms with Crippen LogP contribution < -0.4 is 16.4 Å². The van der Waals surface area contributed by atoms with Gasteiger partial charge in [-0.1, -0.05) is 29.8 Å². The van der Waals surface area contributed by atoms with Crippen molar-refractivity contribution in [1.29, 1.82) is 0 Å². The Morgan fingerprint density at radius 2 is 1.94 bits per heavy atom.